The van der Waals surface area contributed by atoms with Crippen LogP contribution in [0.5, 0.6) is 5.75 Å². The highest BCUT2D eigenvalue weighted by Gasteiger charge is 2.09. The summed E-state index contributed by atoms with van der Waals surface area (Å²) in [6, 6.07) is 5.28. The zero-order valence-electron chi connectivity index (χ0n) is 7.97. The van der Waals surface area contributed by atoms with Crippen molar-refractivity contribution in [2.45, 2.75) is 6.92 Å². The van der Waals surface area contributed by atoms with Crippen LogP contribution >= 0.6 is 0 Å². The Morgan fingerprint density at radius 3 is 2.79 bits per heavy atom. The average Bonchev–Trinajstić information content (AvgIpc) is 2.56. The molecule has 0 radical (unpaired) electrons. The quantitative estimate of drug-likeness (QED) is 0.725. The van der Waals surface area contributed by atoms with Crippen molar-refractivity contribution in [3.8, 4) is 17.1 Å². The normalized spacial score (nSPS) is 10.4. The first-order chi connectivity index (χ1) is 6.66. The summed E-state index contributed by atoms with van der Waals surface area (Å²) in [6.07, 6.45) is 0. The fourth-order valence-electron chi connectivity index (χ4n) is 1.22. The molecule has 0 unspecified atom stereocenters. The van der Waals surface area contributed by atoms with Crippen LogP contribution in [-0.2, 0) is 7.05 Å². The Morgan fingerprint density at radius 2 is 2.14 bits per heavy atom. The average molecular weight is 190 g/mol. The molecule has 1 N–H and O–H groups in total. The number of rotatable bonds is 1. The molecule has 2 aromatic rings. The van der Waals surface area contributed by atoms with Gasteiger partial charge in [-0.3, -0.25) is 0 Å². The van der Waals surface area contributed by atoms with Gasteiger partial charge in [-0.15, -0.1) is 10.2 Å². The maximum absolute atomic E-state index is 9.58. The Labute approximate surface area is 81.0 Å². The number of aromatic nitrogens is 4. The third kappa shape index (κ3) is 1.44. The van der Waals surface area contributed by atoms with Gasteiger partial charge < -0.3 is 5.11 Å². The van der Waals surface area contributed by atoms with Crippen LogP contribution in [-0.4, -0.2) is 25.3 Å². The first-order valence-corrected chi connectivity index (χ1v) is 4.21. The number of tetrazole rings is 1. The van der Waals surface area contributed by atoms with Crippen molar-refractivity contribution in [3.63, 3.8) is 0 Å². The number of benzene rings is 1. The molecule has 0 atom stereocenters. The summed E-state index contributed by atoms with van der Waals surface area (Å²) in [5.74, 6) is 0.609. The van der Waals surface area contributed by atoms with Crippen molar-refractivity contribution in [1.82, 2.24) is 20.2 Å². The zero-order valence-corrected chi connectivity index (χ0v) is 7.97. The lowest BCUT2D eigenvalue weighted by atomic mass is 10.1. The van der Waals surface area contributed by atoms with Gasteiger partial charge in [-0.1, -0.05) is 11.6 Å². The van der Waals surface area contributed by atoms with E-state index in [9.17, 15) is 5.11 Å². The Bertz CT molecular complexity index is 464. The molecule has 0 fully saturated rings. The van der Waals surface area contributed by atoms with Crippen LogP contribution in [0.1, 0.15) is 5.56 Å². The molecule has 5 nitrogen and oxygen atoms in total. The van der Waals surface area contributed by atoms with Gasteiger partial charge >= 0.3 is 0 Å². The van der Waals surface area contributed by atoms with Gasteiger partial charge in [0.2, 0.25) is 5.82 Å². The van der Waals surface area contributed by atoms with Crippen molar-refractivity contribution in [2.75, 3.05) is 0 Å². The van der Waals surface area contributed by atoms with E-state index in [1.54, 1.807) is 13.1 Å². The second kappa shape index (κ2) is 3.10. The van der Waals surface area contributed by atoms with Gasteiger partial charge in [0, 0.05) is 0 Å². The summed E-state index contributed by atoms with van der Waals surface area (Å²) in [4.78, 5) is 1.36. The van der Waals surface area contributed by atoms with E-state index in [0.29, 0.717) is 11.4 Å². The lowest BCUT2D eigenvalue weighted by molar-refractivity contribution is 0.476. The molecule has 5 heteroatoms. The Morgan fingerprint density at radius 1 is 1.36 bits per heavy atom. The highest BCUT2D eigenvalue weighted by Crippen LogP contribution is 2.26. The predicted molar refractivity (Wildman–Crippen MR) is 50.6 cm³/mol. The molecule has 1 aromatic carbocycles. The molecule has 0 aliphatic heterocycles. The van der Waals surface area contributed by atoms with Gasteiger partial charge in [-0.25, -0.2) is 0 Å². The molecule has 1 aromatic heterocycles. The summed E-state index contributed by atoms with van der Waals surface area (Å²) < 4.78 is 0. The monoisotopic (exact) mass is 190 g/mol. The SMILES string of the molecule is Cc1ccc(O)c(-c2nnn(C)n2)c1. The number of phenolic OH excluding ortho intramolecular Hbond substituents is 1. The number of hydrogen-bond acceptors (Lipinski definition) is 4. The molecule has 1 heterocycles. The Hall–Kier alpha value is -1.91. The lowest BCUT2D eigenvalue weighted by Crippen LogP contribution is -1.92. The third-order valence-corrected chi connectivity index (χ3v) is 1.90. The van der Waals surface area contributed by atoms with Crippen LogP contribution in [0.15, 0.2) is 18.2 Å². The van der Waals surface area contributed by atoms with Crippen molar-refractivity contribution in [3.05, 3.63) is 23.8 Å². The summed E-state index contributed by atoms with van der Waals surface area (Å²) in [7, 11) is 1.68. The molecule has 0 saturated carbocycles. The summed E-state index contributed by atoms with van der Waals surface area (Å²) >= 11 is 0. The molecule has 14 heavy (non-hydrogen) atoms. The number of phenols is 1. The van der Waals surface area contributed by atoms with E-state index in [1.165, 1.54) is 4.80 Å². The van der Waals surface area contributed by atoms with Gasteiger partial charge in [0.15, 0.2) is 0 Å². The van der Waals surface area contributed by atoms with E-state index in [1.807, 2.05) is 19.1 Å². The van der Waals surface area contributed by atoms with Gasteiger partial charge in [-0.2, -0.15) is 4.80 Å². The molecule has 72 valence electrons. The first kappa shape index (κ1) is 8.68. The predicted octanol–water partition coefficient (Wildman–Crippen LogP) is 0.891. The van der Waals surface area contributed by atoms with E-state index in [0.717, 1.165) is 5.56 Å². The van der Waals surface area contributed by atoms with E-state index in [4.69, 9.17) is 0 Å². The van der Waals surface area contributed by atoms with E-state index in [2.05, 4.69) is 15.4 Å². The summed E-state index contributed by atoms with van der Waals surface area (Å²) in [5.41, 5.74) is 1.66. The molecule has 0 spiro atoms. The van der Waals surface area contributed by atoms with Crippen LogP contribution < -0.4 is 0 Å². The highest BCUT2D eigenvalue weighted by molar-refractivity contribution is 5.63. The maximum Gasteiger partial charge on any atom is 0.208 e. The van der Waals surface area contributed by atoms with Crippen molar-refractivity contribution in [2.24, 2.45) is 7.05 Å². The first-order valence-electron chi connectivity index (χ1n) is 4.21. The topological polar surface area (TPSA) is 63.8 Å². The summed E-state index contributed by atoms with van der Waals surface area (Å²) in [5, 5.41) is 21.1. The van der Waals surface area contributed by atoms with E-state index in [-0.39, 0.29) is 5.75 Å². The molecule has 0 bridgehead atoms. The Balaban J connectivity index is 2.55. The van der Waals surface area contributed by atoms with Crippen LogP contribution in [0, 0.1) is 6.92 Å². The van der Waals surface area contributed by atoms with Gasteiger partial charge in [0.05, 0.1) is 12.6 Å². The molecular formula is C9H10N4O. The second-order valence-electron chi connectivity index (χ2n) is 3.12. The van der Waals surface area contributed by atoms with Gasteiger partial charge in [0.25, 0.3) is 0 Å². The fraction of sp³-hybridized carbons (Fsp3) is 0.222. The Kier molecular flexibility index (Phi) is 1.92. The maximum atomic E-state index is 9.58. The smallest absolute Gasteiger partial charge is 0.208 e. The molecule has 0 saturated heterocycles. The number of aromatic hydroxyl groups is 1. The van der Waals surface area contributed by atoms with Crippen molar-refractivity contribution >= 4 is 0 Å². The van der Waals surface area contributed by atoms with Gasteiger partial charge in [0.1, 0.15) is 5.75 Å². The van der Waals surface area contributed by atoms with Crippen molar-refractivity contribution < 1.29 is 5.11 Å². The molecule has 0 aliphatic carbocycles. The molecular weight excluding hydrogens is 180 g/mol. The second-order valence-corrected chi connectivity index (χ2v) is 3.12. The highest BCUT2D eigenvalue weighted by atomic mass is 16.3. The van der Waals surface area contributed by atoms with Crippen LogP contribution in [0.3, 0.4) is 0 Å². The molecule has 0 aliphatic rings. The minimum Gasteiger partial charge on any atom is -0.507 e. The lowest BCUT2D eigenvalue weighted by Gasteiger charge is -2.00. The van der Waals surface area contributed by atoms with Crippen LogP contribution in [0.4, 0.5) is 0 Å². The van der Waals surface area contributed by atoms with E-state index < -0.39 is 0 Å². The minimum atomic E-state index is 0.170. The molecule has 0 amide bonds. The third-order valence-electron chi connectivity index (χ3n) is 1.90. The largest absolute Gasteiger partial charge is 0.507 e. The zero-order chi connectivity index (χ0) is 10.1. The van der Waals surface area contributed by atoms with Gasteiger partial charge in [-0.05, 0) is 24.3 Å². The standard InChI is InChI=1S/C9H10N4O/c1-6-3-4-8(14)7(5-6)9-10-12-13(2)11-9/h3-5,14H,1-2H3. The minimum absolute atomic E-state index is 0.170. The van der Waals surface area contributed by atoms with Crippen LogP contribution in [0.2, 0.25) is 0 Å². The van der Waals surface area contributed by atoms with Crippen LogP contribution in [0.25, 0.3) is 11.4 Å². The number of hydrogen-bond donors (Lipinski definition) is 1. The fourth-order valence-corrected chi connectivity index (χ4v) is 1.22. The summed E-state index contributed by atoms with van der Waals surface area (Å²) in [6.45, 7) is 1.94. The molecule has 2 rings (SSSR count). The van der Waals surface area contributed by atoms with Crippen molar-refractivity contribution in [1.29, 1.82) is 0 Å². The van der Waals surface area contributed by atoms with E-state index >= 15 is 0 Å². The number of nitrogens with zero attached hydrogens (tertiary/aromatic N) is 4. The number of aryl methyl sites for hydroxylation is 2.